The van der Waals surface area contributed by atoms with E-state index in [2.05, 4.69) is 15.0 Å². The number of nitrogens with zero attached hydrogens (tertiary/aromatic N) is 3. The molecule has 124 valence electrons. The van der Waals surface area contributed by atoms with Gasteiger partial charge < -0.3 is 0 Å². The first-order valence-corrected chi connectivity index (χ1v) is 8.44. The van der Waals surface area contributed by atoms with Gasteiger partial charge in [0.05, 0.1) is 0 Å². The zero-order valence-electron chi connectivity index (χ0n) is 13.5. The number of hydrogen-bond acceptors (Lipinski definition) is 3. The molecule has 3 rings (SSSR count). The molecule has 0 amide bonds. The van der Waals surface area contributed by atoms with Crippen LogP contribution in [-0.2, 0) is 0 Å². The normalized spacial score (nSPS) is 11.5. The van der Waals surface area contributed by atoms with Gasteiger partial charge in [-0.05, 0) is 54.5 Å². The van der Waals surface area contributed by atoms with Gasteiger partial charge in [-0.2, -0.15) is 0 Å². The minimum Gasteiger partial charge on any atom is -0.214 e. The third-order valence-electron chi connectivity index (χ3n) is 3.37. The zero-order valence-corrected chi connectivity index (χ0v) is 15.0. The highest BCUT2D eigenvalue weighted by Gasteiger charge is 1.99. The summed E-state index contributed by atoms with van der Waals surface area (Å²) < 4.78 is 0. The van der Waals surface area contributed by atoms with E-state index >= 15 is 0 Å². The summed E-state index contributed by atoms with van der Waals surface area (Å²) >= 11 is 11.8. The second-order valence-electron chi connectivity index (χ2n) is 5.37. The van der Waals surface area contributed by atoms with Crippen molar-refractivity contribution in [1.29, 1.82) is 0 Å². The molecule has 25 heavy (non-hydrogen) atoms. The van der Waals surface area contributed by atoms with E-state index in [1.54, 1.807) is 0 Å². The fraction of sp³-hybridized carbons (Fsp3) is 0.0500. The number of halogens is 2. The smallest absolute Gasteiger partial charge is 0.156 e. The molecule has 0 aliphatic heterocycles. The van der Waals surface area contributed by atoms with E-state index in [9.17, 15) is 0 Å². The Kier molecular flexibility index (Phi) is 5.59. The van der Waals surface area contributed by atoms with Gasteiger partial charge in [-0.15, -0.1) is 0 Å². The molecule has 0 atom stereocenters. The molecule has 1 aromatic heterocycles. The van der Waals surface area contributed by atoms with Crippen LogP contribution in [-0.4, -0.2) is 15.0 Å². The fourth-order valence-electron chi connectivity index (χ4n) is 2.16. The van der Waals surface area contributed by atoms with Crippen molar-refractivity contribution in [2.24, 2.45) is 0 Å². The molecule has 2 aromatic carbocycles. The Hall–Kier alpha value is -2.49. The topological polar surface area (TPSA) is 38.7 Å². The Labute approximate surface area is 156 Å². The Bertz CT molecular complexity index is 841. The van der Waals surface area contributed by atoms with Crippen LogP contribution in [0.15, 0.2) is 48.5 Å². The van der Waals surface area contributed by atoms with Gasteiger partial charge in [0.25, 0.3) is 0 Å². The minimum atomic E-state index is 0.609. The van der Waals surface area contributed by atoms with Gasteiger partial charge in [0.2, 0.25) is 0 Å². The highest BCUT2D eigenvalue weighted by molar-refractivity contribution is 6.30. The molecule has 1 heterocycles. The molecule has 0 saturated carbocycles. The number of benzene rings is 2. The van der Waals surface area contributed by atoms with Crippen molar-refractivity contribution >= 4 is 47.5 Å². The predicted molar refractivity (Wildman–Crippen MR) is 105 cm³/mol. The van der Waals surface area contributed by atoms with Crippen LogP contribution in [0.3, 0.4) is 0 Å². The predicted octanol–water partition coefficient (Wildman–Crippen LogP) is 5.83. The second-order valence-corrected chi connectivity index (χ2v) is 6.24. The average Bonchev–Trinajstić information content (AvgIpc) is 2.60. The number of aromatic nitrogens is 3. The van der Waals surface area contributed by atoms with Crippen molar-refractivity contribution in [1.82, 2.24) is 15.0 Å². The summed E-state index contributed by atoms with van der Waals surface area (Å²) in [7, 11) is 0. The van der Waals surface area contributed by atoms with Crippen molar-refractivity contribution in [3.05, 3.63) is 87.2 Å². The summed E-state index contributed by atoms with van der Waals surface area (Å²) in [5, 5.41) is 1.42. The third-order valence-corrected chi connectivity index (χ3v) is 3.88. The van der Waals surface area contributed by atoms with Gasteiger partial charge in [0, 0.05) is 10.0 Å². The summed E-state index contributed by atoms with van der Waals surface area (Å²) in [5.41, 5.74) is 2.06. The molecule has 0 spiro atoms. The second kappa shape index (κ2) is 8.06. The summed E-state index contributed by atoms with van der Waals surface area (Å²) in [6.07, 6.45) is 7.60. The maximum Gasteiger partial charge on any atom is 0.156 e. The lowest BCUT2D eigenvalue weighted by molar-refractivity contribution is 0.945. The summed E-state index contributed by atoms with van der Waals surface area (Å²) in [4.78, 5) is 13.1. The Morgan fingerprint density at radius 2 is 1.00 bits per heavy atom. The van der Waals surface area contributed by atoms with Crippen LogP contribution in [0.1, 0.15) is 28.6 Å². The maximum atomic E-state index is 5.89. The van der Waals surface area contributed by atoms with Crippen molar-refractivity contribution in [3.63, 3.8) is 0 Å². The van der Waals surface area contributed by atoms with Crippen molar-refractivity contribution in [3.8, 4) is 0 Å². The first-order valence-electron chi connectivity index (χ1n) is 7.68. The van der Waals surface area contributed by atoms with Crippen molar-refractivity contribution in [2.75, 3.05) is 0 Å². The van der Waals surface area contributed by atoms with E-state index in [0.717, 1.165) is 11.1 Å². The van der Waals surface area contributed by atoms with Crippen molar-refractivity contribution in [2.45, 2.75) is 6.92 Å². The SMILES string of the molecule is Cc1nc(C=Cc2ccc(Cl)cc2)nc(C=Cc2ccc(Cl)cc2)n1. The molecular weight excluding hydrogens is 353 g/mol. The first-order chi connectivity index (χ1) is 12.1. The van der Waals surface area contributed by atoms with Gasteiger partial charge in [-0.1, -0.05) is 59.6 Å². The van der Waals surface area contributed by atoms with Crippen LogP contribution in [0, 0.1) is 6.92 Å². The quantitative estimate of drug-likeness (QED) is 0.582. The van der Waals surface area contributed by atoms with Crippen LogP contribution in [0.25, 0.3) is 24.3 Å². The highest BCUT2D eigenvalue weighted by Crippen LogP contribution is 2.13. The number of rotatable bonds is 4. The molecular formula is C20H15Cl2N3. The average molecular weight is 368 g/mol. The largest absolute Gasteiger partial charge is 0.214 e. The molecule has 5 heteroatoms. The van der Waals surface area contributed by atoms with E-state index in [1.165, 1.54) is 0 Å². The third kappa shape index (κ3) is 5.24. The van der Waals surface area contributed by atoms with Gasteiger partial charge in [0.15, 0.2) is 11.6 Å². The van der Waals surface area contributed by atoms with Crippen LogP contribution in [0.4, 0.5) is 0 Å². The summed E-state index contributed by atoms with van der Waals surface area (Å²) in [6.45, 7) is 1.85. The Balaban J connectivity index is 1.80. The van der Waals surface area contributed by atoms with Crippen LogP contribution in [0.5, 0.6) is 0 Å². The number of aryl methyl sites for hydroxylation is 1. The standard InChI is InChI=1S/C20H15Cl2N3/c1-14-23-19(12-6-15-2-8-17(21)9-3-15)25-20(24-14)13-7-16-4-10-18(22)11-5-16/h2-13H,1H3. The van der Waals surface area contributed by atoms with E-state index in [4.69, 9.17) is 23.2 Å². The van der Waals surface area contributed by atoms with Gasteiger partial charge in [0.1, 0.15) is 5.82 Å². The molecule has 0 aliphatic carbocycles. The summed E-state index contributed by atoms with van der Waals surface area (Å²) in [5.74, 6) is 1.89. The van der Waals surface area contributed by atoms with Gasteiger partial charge in [-0.25, -0.2) is 15.0 Å². The lowest BCUT2D eigenvalue weighted by Crippen LogP contribution is -1.98. The molecule has 0 aliphatic rings. The summed E-state index contributed by atoms with van der Waals surface area (Å²) in [6, 6.07) is 15.1. The maximum absolute atomic E-state index is 5.89. The van der Waals surface area contributed by atoms with Crippen molar-refractivity contribution < 1.29 is 0 Å². The molecule has 3 aromatic rings. The Morgan fingerprint density at radius 1 is 0.600 bits per heavy atom. The monoisotopic (exact) mass is 367 g/mol. The lowest BCUT2D eigenvalue weighted by Gasteiger charge is -1.99. The number of hydrogen-bond donors (Lipinski definition) is 0. The van der Waals surface area contributed by atoms with E-state index in [-0.39, 0.29) is 0 Å². The Morgan fingerprint density at radius 3 is 1.40 bits per heavy atom. The molecule has 0 N–H and O–H groups in total. The minimum absolute atomic E-state index is 0.609. The molecule has 0 radical (unpaired) electrons. The zero-order chi connectivity index (χ0) is 17.6. The fourth-order valence-corrected chi connectivity index (χ4v) is 2.41. The van der Waals surface area contributed by atoms with Crippen LogP contribution >= 0.6 is 23.2 Å². The van der Waals surface area contributed by atoms with E-state index in [0.29, 0.717) is 27.5 Å². The molecule has 0 bridgehead atoms. The highest BCUT2D eigenvalue weighted by atomic mass is 35.5. The molecule has 0 fully saturated rings. The van der Waals surface area contributed by atoms with Gasteiger partial charge in [-0.3, -0.25) is 0 Å². The van der Waals surface area contributed by atoms with Crippen LogP contribution in [0.2, 0.25) is 10.0 Å². The molecule has 3 nitrogen and oxygen atoms in total. The van der Waals surface area contributed by atoms with Gasteiger partial charge >= 0.3 is 0 Å². The molecule has 0 unspecified atom stereocenters. The lowest BCUT2D eigenvalue weighted by atomic mass is 10.2. The van der Waals surface area contributed by atoms with E-state index in [1.807, 2.05) is 79.8 Å². The van der Waals surface area contributed by atoms with Crippen LogP contribution < -0.4 is 0 Å². The first kappa shape index (κ1) is 17.3. The molecule has 0 saturated heterocycles. The van der Waals surface area contributed by atoms with E-state index < -0.39 is 0 Å².